The first kappa shape index (κ1) is 18.9. The van der Waals surface area contributed by atoms with Gasteiger partial charge in [-0.05, 0) is 18.2 Å². The quantitative estimate of drug-likeness (QED) is 0.641. The molecule has 1 aliphatic heterocycles. The Balaban J connectivity index is 1.50. The third-order valence-corrected chi connectivity index (χ3v) is 4.18. The van der Waals surface area contributed by atoms with E-state index >= 15 is 0 Å². The van der Waals surface area contributed by atoms with Crippen molar-refractivity contribution in [2.24, 2.45) is 10.7 Å². The van der Waals surface area contributed by atoms with Crippen molar-refractivity contribution in [1.82, 2.24) is 19.9 Å². The van der Waals surface area contributed by atoms with Crippen LogP contribution in [0.5, 0.6) is 0 Å². The minimum Gasteiger partial charge on any atom is -0.370 e. The van der Waals surface area contributed by atoms with Crippen LogP contribution in [0.1, 0.15) is 11.4 Å². The number of hydrogen-bond acceptors (Lipinski definition) is 5. The number of aliphatic imine (C=N–C) groups is 1. The number of alkyl halides is 3. The fraction of sp³-hybridized carbons (Fsp3) is 0.412. The predicted octanol–water partition coefficient (Wildman–Crippen LogP) is 1.57. The number of pyridine rings is 1. The van der Waals surface area contributed by atoms with E-state index in [2.05, 4.69) is 24.8 Å². The highest BCUT2D eigenvalue weighted by Crippen LogP contribution is 2.27. The molecule has 2 aromatic rings. The van der Waals surface area contributed by atoms with Gasteiger partial charge in [-0.25, -0.2) is 15.0 Å². The first-order chi connectivity index (χ1) is 12.9. The average molecular weight is 379 g/mol. The van der Waals surface area contributed by atoms with E-state index in [1.807, 2.05) is 4.90 Å². The fourth-order valence-corrected chi connectivity index (χ4v) is 2.75. The third-order valence-electron chi connectivity index (χ3n) is 4.18. The summed E-state index contributed by atoms with van der Waals surface area (Å²) in [5, 5.41) is 0. The molecule has 0 atom stereocenters. The number of anilines is 1. The van der Waals surface area contributed by atoms with E-state index in [9.17, 15) is 13.2 Å². The molecule has 1 fully saturated rings. The normalized spacial score (nSPS) is 15.9. The molecule has 7 nitrogen and oxygen atoms in total. The molecule has 3 heterocycles. The van der Waals surface area contributed by atoms with E-state index in [0.29, 0.717) is 37.1 Å². The molecule has 27 heavy (non-hydrogen) atoms. The Kier molecular flexibility index (Phi) is 5.72. The van der Waals surface area contributed by atoms with Crippen molar-refractivity contribution < 1.29 is 13.2 Å². The number of guanidine groups is 1. The maximum Gasteiger partial charge on any atom is 0.433 e. The molecule has 144 valence electrons. The van der Waals surface area contributed by atoms with Gasteiger partial charge in [-0.3, -0.25) is 4.99 Å². The molecule has 0 bridgehead atoms. The van der Waals surface area contributed by atoms with Crippen LogP contribution < -0.4 is 10.6 Å². The number of nitrogens with two attached hydrogens (primary N) is 1. The lowest BCUT2D eigenvalue weighted by atomic mass is 10.2. The third kappa shape index (κ3) is 5.05. The van der Waals surface area contributed by atoms with E-state index in [1.165, 1.54) is 6.07 Å². The van der Waals surface area contributed by atoms with E-state index in [4.69, 9.17) is 5.73 Å². The van der Waals surface area contributed by atoms with Gasteiger partial charge in [0.15, 0.2) is 5.96 Å². The first-order valence-electron chi connectivity index (χ1n) is 8.53. The van der Waals surface area contributed by atoms with Gasteiger partial charge in [0.1, 0.15) is 5.69 Å². The Morgan fingerprint density at radius 1 is 1.07 bits per heavy atom. The second-order valence-electron chi connectivity index (χ2n) is 6.02. The molecule has 3 rings (SSSR count). The van der Waals surface area contributed by atoms with Gasteiger partial charge in [-0.1, -0.05) is 6.07 Å². The lowest BCUT2D eigenvalue weighted by Gasteiger charge is -2.35. The molecule has 1 saturated heterocycles. The second kappa shape index (κ2) is 8.19. The van der Waals surface area contributed by atoms with Crippen LogP contribution in [-0.4, -0.2) is 58.5 Å². The fourth-order valence-electron chi connectivity index (χ4n) is 2.75. The highest BCUT2D eigenvalue weighted by atomic mass is 19.4. The summed E-state index contributed by atoms with van der Waals surface area (Å²) in [6, 6.07) is 5.63. The minimum atomic E-state index is -4.44. The van der Waals surface area contributed by atoms with E-state index in [1.54, 1.807) is 24.5 Å². The molecule has 1 aliphatic rings. The van der Waals surface area contributed by atoms with Crippen molar-refractivity contribution in [3.63, 3.8) is 0 Å². The van der Waals surface area contributed by atoms with Gasteiger partial charge in [0.05, 0.1) is 0 Å². The Morgan fingerprint density at radius 2 is 1.78 bits per heavy atom. The first-order valence-corrected chi connectivity index (χ1v) is 8.53. The number of piperazine rings is 1. The summed E-state index contributed by atoms with van der Waals surface area (Å²) < 4.78 is 38.1. The zero-order chi connectivity index (χ0) is 19.3. The van der Waals surface area contributed by atoms with Crippen LogP contribution in [-0.2, 0) is 12.6 Å². The van der Waals surface area contributed by atoms with Crippen molar-refractivity contribution in [3.05, 3.63) is 48.0 Å². The summed E-state index contributed by atoms with van der Waals surface area (Å²) in [6.45, 7) is 3.07. The van der Waals surface area contributed by atoms with Crippen molar-refractivity contribution >= 4 is 11.9 Å². The molecule has 10 heteroatoms. The van der Waals surface area contributed by atoms with Crippen LogP contribution in [0.2, 0.25) is 0 Å². The van der Waals surface area contributed by atoms with Crippen LogP contribution >= 0.6 is 0 Å². The standard InChI is InChI=1S/C17H20F3N7/c18-17(19,20)14-4-1-3-13(25-14)5-8-22-15(21)26-9-11-27(12-10-26)16-23-6-2-7-24-16/h1-4,6-7H,5,8-12H2,(H2,21,22). The van der Waals surface area contributed by atoms with Crippen LogP contribution in [0.3, 0.4) is 0 Å². The topological polar surface area (TPSA) is 83.5 Å². The van der Waals surface area contributed by atoms with Crippen LogP contribution in [0.4, 0.5) is 19.1 Å². The highest BCUT2D eigenvalue weighted by molar-refractivity contribution is 5.78. The molecule has 0 amide bonds. The maximum absolute atomic E-state index is 12.7. The second-order valence-corrected chi connectivity index (χ2v) is 6.02. The van der Waals surface area contributed by atoms with Crippen molar-refractivity contribution in [2.45, 2.75) is 12.6 Å². The van der Waals surface area contributed by atoms with Gasteiger partial charge >= 0.3 is 6.18 Å². The molecule has 0 radical (unpaired) electrons. The van der Waals surface area contributed by atoms with Gasteiger partial charge in [-0.15, -0.1) is 0 Å². The lowest BCUT2D eigenvalue weighted by Crippen LogP contribution is -2.51. The number of rotatable bonds is 4. The molecule has 0 unspecified atom stereocenters. The summed E-state index contributed by atoms with van der Waals surface area (Å²) in [4.78, 5) is 20.4. The van der Waals surface area contributed by atoms with Crippen molar-refractivity contribution in [1.29, 1.82) is 0 Å². The van der Waals surface area contributed by atoms with Crippen LogP contribution in [0, 0.1) is 0 Å². The summed E-state index contributed by atoms with van der Waals surface area (Å²) >= 11 is 0. The van der Waals surface area contributed by atoms with Gasteiger partial charge in [0, 0.05) is 57.2 Å². The van der Waals surface area contributed by atoms with Crippen molar-refractivity contribution in [2.75, 3.05) is 37.6 Å². The van der Waals surface area contributed by atoms with Gasteiger partial charge in [-0.2, -0.15) is 13.2 Å². The largest absolute Gasteiger partial charge is 0.433 e. The van der Waals surface area contributed by atoms with Gasteiger partial charge < -0.3 is 15.5 Å². The Labute approximate surface area is 154 Å². The molecular formula is C17H20F3N7. The molecule has 0 spiro atoms. The average Bonchev–Trinajstić information content (AvgIpc) is 2.68. The predicted molar refractivity (Wildman–Crippen MR) is 95.3 cm³/mol. The Bertz CT molecular complexity index is 772. The van der Waals surface area contributed by atoms with Crippen molar-refractivity contribution in [3.8, 4) is 0 Å². The molecule has 0 aromatic carbocycles. The Hall–Kier alpha value is -2.91. The number of hydrogen-bond donors (Lipinski definition) is 1. The molecular weight excluding hydrogens is 359 g/mol. The summed E-state index contributed by atoms with van der Waals surface area (Å²) in [7, 11) is 0. The Morgan fingerprint density at radius 3 is 2.44 bits per heavy atom. The summed E-state index contributed by atoms with van der Waals surface area (Å²) in [5.74, 6) is 1.07. The monoisotopic (exact) mass is 379 g/mol. The van der Waals surface area contributed by atoms with Crippen LogP contribution in [0.25, 0.3) is 0 Å². The number of nitrogens with zero attached hydrogens (tertiary/aromatic N) is 6. The molecule has 2 aromatic heterocycles. The lowest BCUT2D eigenvalue weighted by molar-refractivity contribution is -0.141. The van der Waals surface area contributed by atoms with Gasteiger partial charge in [0.2, 0.25) is 5.95 Å². The number of aromatic nitrogens is 3. The highest BCUT2D eigenvalue weighted by Gasteiger charge is 2.32. The zero-order valence-corrected chi connectivity index (χ0v) is 14.6. The summed E-state index contributed by atoms with van der Waals surface area (Å²) in [5.41, 5.74) is 5.47. The molecule has 0 saturated carbocycles. The zero-order valence-electron chi connectivity index (χ0n) is 14.6. The van der Waals surface area contributed by atoms with Gasteiger partial charge in [0.25, 0.3) is 0 Å². The molecule has 2 N–H and O–H groups in total. The smallest absolute Gasteiger partial charge is 0.370 e. The molecule has 0 aliphatic carbocycles. The SMILES string of the molecule is NC(=NCCc1cccc(C(F)(F)F)n1)N1CCN(c2ncccn2)CC1. The van der Waals surface area contributed by atoms with Crippen LogP contribution in [0.15, 0.2) is 41.7 Å². The number of halogens is 3. The van der Waals surface area contributed by atoms with E-state index < -0.39 is 11.9 Å². The maximum atomic E-state index is 12.7. The minimum absolute atomic E-state index is 0.280. The summed E-state index contributed by atoms with van der Waals surface area (Å²) in [6.07, 6.45) is -0.748. The van der Waals surface area contributed by atoms with E-state index in [0.717, 1.165) is 19.2 Å². The van der Waals surface area contributed by atoms with E-state index in [-0.39, 0.29) is 6.54 Å².